The van der Waals surface area contributed by atoms with Gasteiger partial charge in [-0.05, 0) is 61.5 Å². The van der Waals surface area contributed by atoms with Crippen molar-refractivity contribution < 1.29 is 31.5 Å². The molecule has 3 aromatic carbocycles. The largest absolute Gasteiger partial charge is 0.494 e. The zero-order valence-corrected chi connectivity index (χ0v) is 18.8. The number of benzene rings is 3. The molecule has 0 radical (unpaired) electrons. The van der Waals surface area contributed by atoms with Crippen LogP contribution >= 0.6 is 11.6 Å². The summed E-state index contributed by atoms with van der Waals surface area (Å²) in [5, 5.41) is 2.12. The third-order valence-electron chi connectivity index (χ3n) is 4.19. The molecule has 0 bridgehead atoms. The Morgan fingerprint density at radius 1 is 1.00 bits per heavy atom. The number of nitrogens with one attached hydrogen (secondary N) is 2. The number of amides is 1. The molecule has 0 spiro atoms. The van der Waals surface area contributed by atoms with E-state index in [-0.39, 0.29) is 21.4 Å². The average Bonchev–Trinajstić information content (AvgIpc) is 2.77. The minimum atomic E-state index is -3.95. The van der Waals surface area contributed by atoms with E-state index >= 15 is 0 Å². The van der Waals surface area contributed by atoms with E-state index in [1.54, 1.807) is 24.3 Å². The van der Waals surface area contributed by atoms with Crippen molar-refractivity contribution in [1.29, 1.82) is 0 Å². The maximum atomic E-state index is 13.6. The lowest BCUT2D eigenvalue weighted by Crippen LogP contribution is -2.21. The predicted molar refractivity (Wildman–Crippen MR) is 120 cm³/mol. The van der Waals surface area contributed by atoms with Crippen LogP contribution in [0.5, 0.6) is 11.5 Å². The maximum absolute atomic E-state index is 13.6. The van der Waals surface area contributed by atoms with Crippen molar-refractivity contribution in [2.75, 3.05) is 23.3 Å². The van der Waals surface area contributed by atoms with E-state index in [2.05, 4.69) is 10.0 Å². The first-order chi connectivity index (χ1) is 15.7. The fourth-order valence-electron chi connectivity index (χ4n) is 2.69. The zero-order chi connectivity index (χ0) is 24.0. The van der Waals surface area contributed by atoms with Gasteiger partial charge >= 0.3 is 0 Å². The van der Waals surface area contributed by atoms with Gasteiger partial charge < -0.3 is 14.8 Å². The quantitative estimate of drug-likeness (QED) is 0.442. The molecule has 0 aliphatic rings. The highest BCUT2D eigenvalue weighted by molar-refractivity contribution is 7.92. The third-order valence-corrected chi connectivity index (χ3v) is 5.87. The summed E-state index contributed by atoms with van der Waals surface area (Å²) < 4.78 is 65.1. The van der Waals surface area contributed by atoms with Crippen LogP contribution in [0.1, 0.15) is 6.92 Å². The summed E-state index contributed by atoms with van der Waals surface area (Å²) in [6.07, 6.45) is 0. The Kier molecular flexibility index (Phi) is 7.72. The molecular formula is C22H19ClF2N2O5S. The zero-order valence-electron chi connectivity index (χ0n) is 17.3. The minimum Gasteiger partial charge on any atom is -0.494 e. The molecule has 33 heavy (non-hydrogen) atoms. The van der Waals surface area contributed by atoms with E-state index in [0.29, 0.717) is 18.0 Å². The molecule has 3 rings (SSSR count). The Labute approximate surface area is 194 Å². The summed E-state index contributed by atoms with van der Waals surface area (Å²) in [6, 6.07) is 12.7. The summed E-state index contributed by atoms with van der Waals surface area (Å²) in [4.78, 5) is 11.8. The monoisotopic (exact) mass is 496 g/mol. The Balaban J connectivity index is 1.63. The number of carbonyl (C=O) groups excluding carboxylic acids is 1. The number of halogens is 3. The van der Waals surface area contributed by atoms with E-state index < -0.39 is 34.2 Å². The fourth-order valence-corrected chi connectivity index (χ4v) is 4.07. The first-order valence-electron chi connectivity index (χ1n) is 9.61. The van der Waals surface area contributed by atoms with Gasteiger partial charge in [0.1, 0.15) is 23.1 Å². The molecule has 0 fully saturated rings. The topological polar surface area (TPSA) is 93.7 Å². The molecule has 11 heteroatoms. The number of sulfonamides is 1. The van der Waals surface area contributed by atoms with Gasteiger partial charge in [-0.1, -0.05) is 11.6 Å². The van der Waals surface area contributed by atoms with Crippen LogP contribution in [0.4, 0.5) is 20.2 Å². The molecule has 0 saturated carbocycles. The fraction of sp³-hybridized carbons (Fsp3) is 0.136. The van der Waals surface area contributed by atoms with Crippen molar-refractivity contribution in [3.8, 4) is 11.5 Å². The highest BCUT2D eigenvalue weighted by Crippen LogP contribution is 2.29. The van der Waals surface area contributed by atoms with E-state index in [9.17, 15) is 22.0 Å². The lowest BCUT2D eigenvalue weighted by atomic mass is 10.3. The first-order valence-corrected chi connectivity index (χ1v) is 11.5. The van der Waals surface area contributed by atoms with Gasteiger partial charge in [-0.3, -0.25) is 9.52 Å². The number of ether oxygens (including phenoxy) is 2. The second-order valence-corrected chi connectivity index (χ2v) is 8.71. The van der Waals surface area contributed by atoms with Crippen LogP contribution in [0.2, 0.25) is 5.02 Å². The first kappa shape index (κ1) is 24.3. The second-order valence-electron chi connectivity index (χ2n) is 6.62. The van der Waals surface area contributed by atoms with Crippen molar-refractivity contribution >= 4 is 38.9 Å². The molecular weight excluding hydrogens is 478 g/mol. The number of hydrogen-bond donors (Lipinski definition) is 2. The van der Waals surface area contributed by atoms with Gasteiger partial charge in [0.2, 0.25) is 0 Å². The van der Waals surface area contributed by atoms with Gasteiger partial charge in [-0.15, -0.1) is 0 Å². The Bertz CT molecular complexity index is 1250. The van der Waals surface area contributed by atoms with Gasteiger partial charge in [0.15, 0.2) is 6.61 Å². The number of hydrogen-bond acceptors (Lipinski definition) is 5. The number of rotatable bonds is 9. The maximum Gasteiger partial charge on any atom is 0.262 e. The van der Waals surface area contributed by atoms with Crippen molar-refractivity contribution in [2.45, 2.75) is 11.8 Å². The molecule has 174 valence electrons. The lowest BCUT2D eigenvalue weighted by Gasteiger charge is -2.12. The normalized spacial score (nSPS) is 11.0. The summed E-state index contributed by atoms with van der Waals surface area (Å²) in [5.74, 6) is -1.64. The summed E-state index contributed by atoms with van der Waals surface area (Å²) >= 11 is 6.11. The molecule has 2 N–H and O–H groups in total. The van der Waals surface area contributed by atoms with Crippen LogP contribution in [0.3, 0.4) is 0 Å². The smallest absolute Gasteiger partial charge is 0.262 e. The third kappa shape index (κ3) is 6.56. The molecule has 0 saturated heterocycles. The van der Waals surface area contributed by atoms with Crippen LogP contribution in [0, 0.1) is 11.6 Å². The molecule has 3 aromatic rings. The van der Waals surface area contributed by atoms with E-state index in [1.807, 2.05) is 6.92 Å². The SMILES string of the molecule is CCOc1ccc(NS(=O)(=O)c2ccc(OCC(=O)Nc3cc(F)ccc3F)c(Cl)c2)cc1. The van der Waals surface area contributed by atoms with Crippen molar-refractivity contribution in [1.82, 2.24) is 0 Å². The minimum absolute atomic E-state index is 0.0338. The van der Waals surface area contributed by atoms with E-state index in [4.69, 9.17) is 21.1 Å². The molecule has 7 nitrogen and oxygen atoms in total. The molecule has 0 heterocycles. The lowest BCUT2D eigenvalue weighted by molar-refractivity contribution is -0.118. The van der Waals surface area contributed by atoms with Gasteiger partial charge in [0.05, 0.1) is 22.2 Å². The molecule has 1 amide bonds. The second kappa shape index (κ2) is 10.5. The van der Waals surface area contributed by atoms with E-state index in [0.717, 1.165) is 24.3 Å². The molecule has 0 unspecified atom stereocenters. The number of carbonyl (C=O) groups is 1. The van der Waals surface area contributed by atoms with Gasteiger partial charge in [0, 0.05) is 11.8 Å². The standard InChI is InChI=1S/C22H19ClF2N2O5S/c1-2-31-16-6-4-15(5-7-16)27-33(29,30)17-8-10-21(18(23)12-17)32-13-22(28)26-20-11-14(24)3-9-19(20)25/h3-12,27H,2,13H2,1H3,(H,26,28). The summed E-state index contributed by atoms with van der Waals surface area (Å²) in [7, 11) is -3.95. The van der Waals surface area contributed by atoms with Crippen molar-refractivity contribution in [3.05, 3.63) is 77.3 Å². The highest BCUT2D eigenvalue weighted by Gasteiger charge is 2.17. The summed E-state index contributed by atoms with van der Waals surface area (Å²) in [5.41, 5.74) is -0.00680. The van der Waals surface area contributed by atoms with Gasteiger partial charge in [-0.25, -0.2) is 17.2 Å². The average molecular weight is 497 g/mol. The van der Waals surface area contributed by atoms with Gasteiger partial charge in [0.25, 0.3) is 15.9 Å². The Morgan fingerprint density at radius 2 is 1.73 bits per heavy atom. The van der Waals surface area contributed by atoms with Crippen LogP contribution in [0.25, 0.3) is 0 Å². The number of anilines is 2. The molecule has 0 aliphatic carbocycles. The molecule has 0 aliphatic heterocycles. The molecule has 0 atom stereocenters. The van der Waals surface area contributed by atoms with Crippen LogP contribution < -0.4 is 19.5 Å². The van der Waals surface area contributed by atoms with E-state index in [1.165, 1.54) is 12.1 Å². The van der Waals surface area contributed by atoms with Crippen molar-refractivity contribution in [2.24, 2.45) is 0 Å². The Hall–Kier alpha value is -3.37. The van der Waals surface area contributed by atoms with Crippen molar-refractivity contribution in [3.63, 3.8) is 0 Å². The summed E-state index contributed by atoms with van der Waals surface area (Å²) in [6.45, 7) is 1.76. The Morgan fingerprint density at radius 3 is 2.39 bits per heavy atom. The molecule has 0 aromatic heterocycles. The van der Waals surface area contributed by atoms with Crippen LogP contribution in [0.15, 0.2) is 65.6 Å². The predicted octanol–water partition coefficient (Wildman–Crippen LogP) is 4.84. The van der Waals surface area contributed by atoms with Crippen LogP contribution in [-0.4, -0.2) is 27.5 Å². The van der Waals surface area contributed by atoms with Crippen LogP contribution in [-0.2, 0) is 14.8 Å². The highest BCUT2D eigenvalue weighted by atomic mass is 35.5. The van der Waals surface area contributed by atoms with Gasteiger partial charge in [-0.2, -0.15) is 0 Å².